The zero-order chi connectivity index (χ0) is 11.8. The van der Waals surface area contributed by atoms with Crippen LogP contribution in [0.25, 0.3) is 0 Å². The standard InChI is InChI=1S/C12H18N4/c1-12(2)5-7-16(8-12)11-9(10(13)14)4-3-6-15-11/h3-4,6H,5,7-8H2,1-2H3,(H3,13,14). The Hall–Kier alpha value is -1.58. The highest BCUT2D eigenvalue weighted by molar-refractivity contribution is 5.99. The van der Waals surface area contributed by atoms with E-state index in [-0.39, 0.29) is 5.84 Å². The van der Waals surface area contributed by atoms with Crippen LogP contribution in [-0.2, 0) is 0 Å². The molecule has 2 rings (SSSR count). The second kappa shape index (κ2) is 3.77. The average Bonchev–Trinajstić information content (AvgIpc) is 2.59. The first-order valence-corrected chi connectivity index (χ1v) is 5.54. The molecule has 4 nitrogen and oxygen atoms in total. The molecule has 1 aromatic heterocycles. The highest BCUT2D eigenvalue weighted by Crippen LogP contribution is 2.32. The van der Waals surface area contributed by atoms with E-state index < -0.39 is 0 Å². The van der Waals surface area contributed by atoms with Crippen LogP contribution in [0.3, 0.4) is 0 Å². The van der Waals surface area contributed by atoms with Gasteiger partial charge in [0.25, 0.3) is 0 Å². The highest BCUT2D eigenvalue weighted by Gasteiger charge is 2.31. The van der Waals surface area contributed by atoms with E-state index in [1.165, 1.54) is 0 Å². The Morgan fingerprint density at radius 1 is 1.56 bits per heavy atom. The fourth-order valence-electron chi connectivity index (χ4n) is 2.15. The molecule has 2 heterocycles. The minimum atomic E-state index is 0.0906. The quantitative estimate of drug-likeness (QED) is 0.585. The first-order chi connectivity index (χ1) is 7.49. The van der Waals surface area contributed by atoms with E-state index in [0.717, 1.165) is 30.9 Å². The van der Waals surface area contributed by atoms with Crippen molar-refractivity contribution in [2.24, 2.45) is 11.1 Å². The molecule has 0 unspecified atom stereocenters. The van der Waals surface area contributed by atoms with Gasteiger partial charge in [-0.3, -0.25) is 5.41 Å². The molecule has 0 spiro atoms. The number of nitrogens with one attached hydrogen (secondary N) is 1. The number of nitrogens with two attached hydrogens (primary N) is 1. The Morgan fingerprint density at radius 3 is 2.88 bits per heavy atom. The van der Waals surface area contributed by atoms with Crippen molar-refractivity contribution in [2.75, 3.05) is 18.0 Å². The first kappa shape index (κ1) is 10.9. The van der Waals surface area contributed by atoms with Gasteiger partial charge in [-0.1, -0.05) is 13.8 Å². The number of nitrogens with zero attached hydrogens (tertiary/aromatic N) is 2. The highest BCUT2D eigenvalue weighted by atomic mass is 15.2. The van der Waals surface area contributed by atoms with Crippen molar-refractivity contribution in [1.29, 1.82) is 5.41 Å². The summed E-state index contributed by atoms with van der Waals surface area (Å²) in [5.74, 6) is 0.938. The van der Waals surface area contributed by atoms with E-state index in [1.54, 1.807) is 6.20 Å². The molecule has 0 aromatic carbocycles. The molecule has 0 saturated carbocycles. The molecule has 0 atom stereocenters. The van der Waals surface area contributed by atoms with Gasteiger partial charge in [0.1, 0.15) is 11.7 Å². The summed E-state index contributed by atoms with van der Waals surface area (Å²) in [6.45, 7) is 6.47. The van der Waals surface area contributed by atoms with Crippen LogP contribution >= 0.6 is 0 Å². The summed E-state index contributed by atoms with van der Waals surface area (Å²) in [4.78, 5) is 6.57. The zero-order valence-electron chi connectivity index (χ0n) is 9.83. The lowest BCUT2D eigenvalue weighted by Gasteiger charge is -2.22. The molecule has 0 aliphatic carbocycles. The third-order valence-corrected chi connectivity index (χ3v) is 3.05. The van der Waals surface area contributed by atoms with Gasteiger partial charge >= 0.3 is 0 Å². The van der Waals surface area contributed by atoms with Gasteiger partial charge < -0.3 is 10.6 Å². The van der Waals surface area contributed by atoms with E-state index in [0.29, 0.717) is 5.41 Å². The van der Waals surface area contributed by atoms with Crippen molar-refractivity contribution < 1.29 is 0 Å². The number of rotatable bonds is 2. The van der Waals surface area contributed by atoms with Crippen LogP contribution in [-0.4, -0.2) is 23.9 Å². The van der Waals surface area contributed by atoms with Gasteiger partial charge in [-0.25, -0.2) is 4.98 Å². The lowest BCUT2D eigenvalue weighted by atomic mass is 9.93. The number of nitrogen functional groups attached to an aromatic ring is 1. The fourth-order valence-corrected chi connectivity index (χ4v) is 2.15. The molecule has 0 bridgehead atoms. The molecule has 1 aliphatic rings. The van der Waals surface area contributed by atoms with Crippen molar-refractivity contribution in [3.8, 4) is 0 Å². The maximum absolute atomic E-state index is 7.55. The average molecular weight is 218 g/mol. The summed E-state index contributed by atoms with van der Waals surface area (Å²) >= 11 is 0. The summed E-state index contributed by atoms with van der Waals surface area (Å²) in [7, 11) is 0. The predicted molar refractivity (Wildman–Crippen MR) is 65.9 cm³/mol. The van der Waals surface area contributed by atoms with Crippen LogP contribution < -0.4 is 10.6 Å². The Kier molecular flexibility index (Phi) is 2.58. The monoisotopic (exact) mass is 218 g/mol. The smallest absolute Gasteiger partial charge is 0.139 e. The molecule has 1 saturated heterocycles. The minimum Gasteiger partial charge on any atom is -0.384 e. The van der Waals surface area contributed by atoms with Gasteiger partial charge in [-0.15, -0.1) is 0 Å². The third kappa shape index (κ3) is 2.01. The van der Waals surface area contributed by atoms with Crippen LogP contribution in [0, 0.1) is 10.8 Å². The maximum Gasteiger partial charge on any atom is 0.139 e. The summed E-state index contributed by atoms with van der Waals surface area (Å²) in [5.41, 5.74) is 6.63. The van der Waals surface area contributed by atoms with Crippen LogP contribution in [0.2, 0.25) is 0 Å². The summed E-state index contributed by atoms with van der Waals surface area (Å²) in [6.07, 6.45) is 2.91. The number of pyridine rings is 1. The van der Waals surface area contributed by atoms with Crippen molar-refractivity contribution in [3.63, 3.8) is 0 Å². The van der Waals surface area contributed by atoms with Crippen molar-refractivity contribution in [2.45, 2.75) is 20.3 Å². The van der Waals surface area contributed by atoms with Crippen molar-refractivity contribution in [3.05, 3.63) is 23.9 Å². The van der Waals surface area contributed by atoms with Gasteiger partial charge in [0.2, 0.25) is 0 Å². The number of aromatic nitrogens is 1. The van der Waals surface area contributed by atoms with E-state index >= 15 is 0 Å². The second-order valence-corrected chi connectivity index (χ2v) is 5.12. The molecule has 3 N–H and O–H groups in total. The molecule has 0 amide bonds. The van der Waals surface area contributed by atoms with Crippen LogP contribution in [0.1, 0.15) is 25.8 Å². The summed E-state index contributed by atoms with van der Waals surface area (Å²) in [5, 5.41) is 7.55. The molecule has 16 heavy (non-hydrogen) atoms. The Balaban J connectivity index is 2.31. The molecular formula is C12H18N4. The lowest BCUT2D eigenvalue weighted by molar-refractivity contribution is 0.418. The molecule has 1 fully saturated rings. The van der Waals surface area contributed by atoms with Gasteiger partial charge in [-0.05, 0) is 24.0 Å². The molecule has 86 valence electrons. The van der Waals surface area contributed by atoms with E-state index in [4.69, 9.17) is 11.1 Å². The molecule has 0 radical (unpaired) electrons. The Labute approximate surface area is 96.0 Å². The van der Waals surface area contributed by atoms with Gasteiger partial charge in [0, 0.05) is 19.3 Å². The largest absolute Gasteiger partial charge is 0.384 e. The molecule has 1 aromatic rings. The second-order valence-electron chi connectivity index (χ2n) is 5.12. The molecule has 1 aliphatic heterocycles. The summed E-state index contributed by atoms with van der Waals surface area (Å²) in [6, 6.07) is 3.68. The van der Waals surface area contributed by atoms with Crippen LogP contribution in [0.5, 0.6) is 0 Å². The van der Waals surface area contributed by atoms with Gasteiger partial charge in [0.05, 0.1) is 5.56 Å². The normalized spacial score (nSPS) is 18.8. The zero-order valence-corrected chi connectivity index (χ0v) is 9.83. The first-order valence-electron chi connectivity index (χ1n) is 5.54. The van der Waals surface area contributed by atoms with E-state index in [2.05, 4.69) is 23.7 Å². The fraction of sp³-hybridized carbons (Fsp3) is 0.500. The van der Waals surface area contributed by atoms with Crippen molar-refractivity contribution in [1.82, 2.24) is 4.98 Å². The minimum absolute atomic E-state index is 0.0906. The number of amidine groups is 1. The van der Waals surface area contributed by atoms with E-state index in [1.807, 2.05) is 12.1 Å². The molecule has 4 heteroatoms. The van der Waals surface area contributed by atoms with Crippen LogP contribution in [0.15, 0.2) is 18.3 Å². The Bertz CT molecular complexity index is 411. The third-order valence-electron chi connectivity index (χ3n) is 3.05. The number of hydrogen-bond donors (Lipinski definition) is 2. The van der Waals surface area contributed by atoms with Gasteiger partial charge in [0.15, 0.2) is 0 Å². The van der Waals surface area contributed by atoms with Crippen molar-refractivity contribution >= 4 is 11.7 Å². The topological polar surface area (TPSA) is 66.0 Å². The lowest BCUT2D eigenvalue weighted by Crippen LogP contribution is -2.27. The molecular weight excluding hydrogens is 200 g/mol. The van der Waals surface area contributed by atoms with E-state index in [9.17, 15) is 0 Å². The maximum atomic E-state index is 7.55. The predicted octanol–water partition coefficient (Wildman–Crippen LogP) is 1.60. The Morgan fingerprint density at radius 2 is 2.31 bits per heavy atom. The van der Waals surface area contributed by atoms with Gasteiger partial charge in [-0.2, -0.15) is 0 Å². The number of hydrogen-bond acceptors (Lipinski definition) is 3. The van der Waals surface area contributed by atoms with Crippen LogP contribution in [0.4, 0.5) is 5.82 Å². The number of anilines is 1. The SMILES string of the molecule is CC1(C)CCN(c2ncccc2C(=N)N)C1. The summed E-state index contributed by atoms with van der Waals surface area (Å²) < 4.78 is 0.